The van der Waals surface area contributed by atoms with E-state index in [-0.39, 0.29) is 50.9 Å². The van der Waals surface area contributed by atoms with Crippen molar-refractivity contribution in [1.82, 2.24) is 40.1 Å². The molecule has 2 N–H and O–H groups in total. The van der Waals surface area contributed by atoms with Crippen molar-refractivity contribution in [2.24, 2.45) is 17.3 Å². The number of rotatable bonds is 9. The van der Waals surface area contributed by atoms with Gasteiger partial charge in [-0.1, -0.05) is 33.8 Å². The molecule has 5 atom stereocenters. The SMILES string of the molecule is CCn1c(-c2cccnc2[C@H](C)OC)c2c3cc(ccc31)-c1csc(n1)C(F)(F)[C@H](NC(=O)[C@H](C(C)C)N(C)C(=O)[C@H]1CCN(C(=O)OC)C1)C(=O)N1CCC[C@H](N1)C(=O)OCC(C)(C)C2. The van der Waals surface area contributed by atoms with E-state index in [2.05, 4.69) is 20.3 Å². The summed E-state index contributed by atoms with van der Waals surface area (Å²) in [4.78, 5) is 80.5. The molecule has 0 spiro atoms. The molecule has 2 saturated heterocycles. The van der Waals surface area contributed by atoms with Crippen LogP contribution in [0.25, 0.3) is 33.4 Å². The third-order valence-electron chi connectivity index (χ3n) is 12.9. The molecule has 66 heavy (non-hydrogen) atoms. The van der Waals surface area contributed by atoms with Gasteiger partial charge in [-0.25, -0.2) is 15.2 Å². The van der Waals surface area contributed by atoms with Gasteiger partial charge in [-0.15, -0.1) is 11.3 Å². The second kappa shape index (κ2) is 19.4. The second-order valence-electron chi connectivity index (χ2n) is 18.5. The second-order valence-corrected chi connectivity index (χ2v) is 19.4. The Labute approximate surface area is 387 Å². The maximum absolute atomic E-state index is 17.4. The molecule has 6 bridgehead atoms. The smallest absolute Gasteiger partial charge is 0.409 e. The van der Waals surface area contributed by atoms with E-state index in [4.69, 9.17) is 19.2 Å². The van der Waals surface area contributed by atoms with Crippen molar-refractivity contribution in [3.8, 4) is 22.5 Å². The number of methoxy groups -OCH3 is 2. The molecule has 3 aliphatic heterocycles. The quantitative estimate of drug-likeness (QED) is 0.180. The lowest BCUT2D eigenvalue weighted by atomic mass is 9.84. The van der Waals surface area contributed by atoms with E-state index in [1.54, 1.807) is 27.2 Å². The molecule has 356 valence electrons. The van der Waals surface area contributed by atoms with Crippen molar-refractivity contribution in [2.75, 3.05) is 47.5 Å². The van der Waals surface area contributed by atoms with Gasteiger partial charge >= 0.3 is 18.0 Å². The van der Waals surface area contributed by atoms with Crippen molar-refractivity contribution in [2.45, 2.75) is 104 Å². The molecular formula is C47H60F2N8O8S. The normalized spacial score (nSPS) is 21.8. The Morgan fingerprint density at radius 1 is 1.11 bits per heavy atom. The number of likely N-dealkylation sites (tertiary alicyclic amines) is 1. The number of thiazole rings is 1. The first-order valence-corrected chi connectivity index (χ1v) is 23.3. The van der Waals surface area contributed by atoms with Crippen molar-refractivity contribution in [3.05, 3.63) is 58.2 Å². The van der Waals surface area contributed by atoms with Gasteiger partial charge in [0.15, 0.2) is 11.0 Å². The molecule has 0 aliphatic carbocycles. The van der Waals surface area contributed by atoms with Crippen LogP contribution in [0, 0.1) is 17.3 Å². The van der Waals surface area contributed by atoms with Gasteiger partial charge < -0.3 is 33.9 Å². The molecule has 4 aromatic rings. The van der Waals surface area contributed by atoms with Crippen LogP contribution in [0.4, 0.5) is 13.6 Å². The predicted molar refractivity (Wildman–Crippen MR) is 243 cm³/mol. The Bertz CT molecular complexity index is 2490. The first kappa shape index (κ1) is 48.4. The van der Waals surface area contributed by atoms with Crippen LogP contribution in [0.5, 0.6) is 0 Å². The number of amides is 4. The van der Waals surface area contributed by atoms with Crippen LogP contribution in [0.1, 0.15) is 83.2 Å². The summed E-state index contributed by atoms with van der Waals surface area (Å²) in [5.74, 6) is -8.62. The van der Waals surface area contributed by atoms with Gasteiger partial charge in [-0.2, -0.15) is 8.78 Å². The van der Waals surface area contributed by atoms with E-state index in [9.17, 15) is 24.0 Å². The Kier molecular flexibility index (Phi) is 14.2. The van der Waals surface area contributed by atoms with Crippen LogP contribution >= 0.6 is 11.3 Å². The fourth-order valence-electron chi connectivity index (χ4n) is 9.45. The van der Waals surface area contributed by atoms with E-state index in [1.165, 1.54) is 29.3 Å². The predicted octanol–water partition coefficient (Wildman–Crippen LogP) is 6.32. The molecule has 3 aromatic heterocycles. The number of fused-ring (bicyclic) bond motifs is 6. The number of aromatic nitrogens is 3. The molecule has 0 saturated carbocycles. The zero-order valence-electron chi connectivity index (χ0n) is 39.0. The third-order valence-corrected chi connectivity index (χ3v) is 13.9. The molecule has 19 heteroatoms. The fourth-order valence-corrected chi connectivity index (χ4v) is 10.3. The van der Waals surface area contributed by atoms with Crippen molar-refractivity contribution in [1.29, 1.82) is 0 Å². The molecule has 7 rings (SSSR count). The Morgan fingerprint density at radius 2 is 1.86 bits per heavy atom. The Balaban J connectivity index is 1.32. The minimum Gasteiger partial charge on any atom is -0.464 e. The lowest BCUT2D eigenvalue weighted by Crippen LogP contribution is -2.65. The molecule has 6 heterocycles. The molecule has 0 radical (unpaired) electrons. The lowest BCUT2D eigenvalue weighted by Gasteiger charge is -2.38. The number of halogens is 2. The molecule has 16 nitrogen and oxygen atoms in total. The summed E-state index contributed by atoms with van der Waals surface area (Å²) in [7, 11) is 4.28. The van der Waals surface area contributed by atoms with Gasteiger partial charge in [0, 0.05) is 79.4 Å². The van der Waals surface area contributed by atoms with E-state index in [1.807, 2.05) is 58.0 Å². The highest BCUT2D eigenvalue weighted by molar-refractivity contribution is 7.10. The van der Waals surface area contributed by atoms with Gasteiger partial charge in [-0.3, -0.25) is 29.2 Å². The Hall–Kier alpha value is -5.53. The zero-order chi connectivity index (χ0) is 47.8. The minimum atomic E-state index is -4.08. The third kappa shape index (κ3) is 9.38. The number of cyclic esters (lactones) is 1. The number of carbonyl (C=O) groups is 5. The number of nitrogens with one attached hydrogen (secondary N) is 2. The van der Waals surface area contributed by atoms with Crippen LogP contribution in [0.15, 0.2) is 41.9 Å². The summed E-state index contributed by atoms with van der Waals surface area (Å²) >= 11 is 0.658. The highest BCUT2D eigenvalue weighted by Crippen LogP contribution is 2.43. The van der Waals surface area contributed by atoms with Gasteiger partial charge in [-0.05, 0) is 75.3 Å². The van der Waals surface area contributed by atoms with Gasteiger partial charge in [0.25, 0.3) is 5.91 Å². The van der Waals surface area contributed by atoms with Gasteiger partial charge in [0.1, 0.15) is 12.1 Å². The average Bonchev–Trinajstić information content (AvgIpc) is 4.08. The first-order valence-electron chi connectivity index (χ1n) is 22.4. The fraction of sp³-hybridized carbons (Fsp3) is 0.553. The topological polar surface area (TPSA) is 178 Å². The molecule has 2 fully saturated rings. The summed E-state index contributed by atoms with van der Waals surface area (Å²) in [6.07, 6.45) is 2.11. The maximum atomic E-state index is 17.4. The van der Waals surface area contributed by atoms with Crippen LogP contribution in [0.3, 0.4) is 0 Å². The number of alkyl halides is 2. The van der Waals surface area contributed by atoms with Crippen molar-refractivity contribution >= 4 is 52.0 Å². The minimum absolute atomic E-state index is 0.000858. The number of ether oxygens (including phenoxy) is 3. The number of esters is 1. The number of pyridine rings is 1. The monoisotopic (exact) mass is 934 g/mol. The highest BCUT2D eigenvalue weighted by atomic mass is 32.1. The van der Waals surface area contributed by atoms with Crippen molar-refractivity contribution in [3.63, 3.8) is 0 Å². The lowest BCUT2D eigenvalue weighted by molar-refractivity contribution is -0.161. The number of carbonyl (C=O) groups excluding carboxylic acids is 5. The largest absolute Gasteiger partial charge is 0.464 e. The number of nitrogens with zero attached hydrogens (tertiary/aromatic N) is 6. The van der Waals surface area contributed by atoms with Crippen LogP contribution < -0.4 is 10.7 Å². The number of aryl methyl sites for hydroxylation is 1. The average molecular weight is 935 g/mol. The van der Waals surface area contributed by atoms with E-state index < -0.39 is 76.1 Å². The molecule has 3 aliphatic rings. The van der Waals surface area contributed by atoms with E-state index >= 15 is 8.78 Å². The number of hydrogen-bond donors (Lipinski definition) is 2. The maximum Gasteiger partial charge on any atom is 0.409 e. The van der Waals surface area contributed by atoms with E-state index in [0.29, 0.717) is 36.3 Å². The summed E-state index contributed by atoms with van der Waals surface area (Å²) in [5.41, 5.74) is 7.38. The van der Waals surface area contributed by atoms with Gasteiger partial charge in [0.2, 0.25) is 11.8 Å². The Morgan fingerprint density at radius 3 is 2.56 bits per heavy atom. The van der Waals surface area contributed by atoms with Crippen LogP contribution in [0.2, 0.25) is 0 Å². The number of hydrazine groups is 1. The van der Waals surface area contributed by atoms with Crippen LogP contribution in [-0.4, -0.2) is 125 Å². The molecule has 1 aromatic carbocycles. The molecular weight excluding hydrogens is 875 g/mol. The zero-order valence-corrected chi connectivity index (χ0v) is 39.8. The molecule has 4 amide bonds. The van der Waals surface area contributed by atoms with E-state index in [0.717, 1.165) is 38.4 Å². The highest BCUT2D eigenvalue weighted by Gasteiger charge is 2.53. The number of hydrogen-bond acceptors (Lipinski definition) is 12. The van der Waals surface area contributed by atoms with Gasteiger partial charge in [0.05, 0.1) is 42.8 Å². The first-order chi connectivity index (χ1) is 31.3. The molecule has 0 unspecified atom stereocenters. The summed E-state index contributed by atoms with van der Waals surface area (Å²) < 4.78 is 53.5. The standard InChI is InChI=1S/C47H60F2N8O8S/c1-10-56-35-16-15-28-21-31(35)32(38(56)30-13-11-18-50-36(30)27(4)63-8)22-46(5,6)25-65-43(61)33-14-12-19-57(53-33)42(60)39(47(48,49)44-51-34(28)24-66-44)52-40(58)37(26(2)3)54(7)41(59)29-17-20-55(23-29)45(62)64-9/h11,13,15-16,18,21,24,26-27,29,33,37,39,53H,10,12,14,17,19-20,22-23,25H2,1-9H3,(H,52,58)/t27-,29-,33-,37-,39+/m0/s1. The number of likely N-dealkylation sites (N-methyl/N-ethyl adjacent to an activating group) is 1. The van der Waals surface area contributed by atoms with Crippen molar-refractivity contribution < 1.29 is 47.0 Å². The summed E-state index contributed by atoms with van der Waals surface area (Å²) in [6.45, 7) is 12.2. The number of benzene rings is 1. The van der Waals surface area contributed by atoms with Crippen LogP contribution in [-0.2, 0) is 52.3 Å². The summed E-state index contributed by atoms with van der Waals surface area (Å²) in [5, 5.41) is 4.94. The summed E-state index contributed by atoms with van der Waals surface area (Å²) in [6, 6.07) is 4.74.